The molecule has 0 bridgehead atoms. The minimum absolute atomic E-state index is 0.0526. The first-order chi connectivity index (χ1) is 22.5. The molecule has 0 aromatic carbocycles. The van der Waals surface area contributed by atoms with Crippen LogP contribution in [0.15, 0.2) is 58.0 Å². The Morgan fingerprint density at radius 1 is 1.23 bits per heavy atom. The minimum Gasteiger partial charge on any atom is -0.477 e. The number of rotatable bonds is 11. The van der Waals surface area contributed by atoms with Crippen molar-refractivity contribution in [2.24, 2.45) is 10.9 Å². The number of nitrogens with zero attached hydrogens (tertiary/aromatic N) is 5. The molecule has 2 saturated heterocycles. The number of thiazole rings is 1. The van der Waals surface area contributed by atoms with Crippen LogP contribution in [0.2, 0.25) is 0 Å². The fraction of sp³-hybridized carbons (Fsp3) is 0.400. The number of thioether (sulfide) groups is 1. The van der Waals surface area contributed by atoms with E-state index in [4.69, 9.17) is 16.3 Å². The summed E-state index contributed by atoms with van der Waals surface area (Å²) in [5.74, 6) is -2.97. The van der Waals surface area contributed by atoms with E-state index in [2.05, 4.69) is 15.5 Å². The number of hydrogen-bond donors (Lipinski definition) is 4. The molecule has 15 nitrogen and oxygen atoms in total. The highest BCUT2D eigenvalue weighted by molar-refractivity contribution is 8.00. The summed E-state index contributed by atoms with van der Waals surface area (Å²) >= 11 is 2.61. The summed E-state index contributed by atoms with van der Waals surface area (Å²) in [7, 11) is 0. The number of nitrogen functional groups attached to an aromatic ring is 1. The normalized spacial score (nSPS) is 22.9. The van der Waals surface area contributed by atoms with Crippen molar-refractivity contribution in [2.45, 2.75) is 62.2 Å². The van der Waals surface area contributed by atoms with Crippen molar-refractivity contribution in [3.63, 3.8) is 0 Å². The van der Waals surface area contributed by atoms with Gasteiger partial charge in [0.15, 0.2) is 23.1 Å². The molecular formula is C30H33N8O7S2+. The van der Waals surface area contributed by atoms with Crippen LogP contribution in [0.1, 0.15) is 43.4 Å². The molecular weight excluding hydrogens is 649 g/mol. The molecule has 6 N–H and O–H groups in total. The van der Waals surface area contributed by atoms with Crippen molar-refractivity contribution in [2.75, 3.05) is 18.0 Å². The van der Waals surface area contributed by atoms with Gasteiger partial charge in [-0.05, 0) is 49.3 Å². The minimum atomic E-state index is -1.30. The van der Waals surface area contributed by atoms with E-state index in [1.165, 1.54) is 23.1 Å². The van der Waals surface area contributed by atoms with Gasteiger partial charge in [-0.1, -0.05) is 5.16 Å². The Hall–Kier alpha value is -4.77. The van der Waals surface area contributed by atoms with Crippen molar-refractivity contribution in [3.05, 3.63) is 64.1 Å². The number of aromatic nitrogens is 2. The van der Waals surface area contributed by atoms with Crippen molar-refractivity contribution >= 4 is 64.0 Å². The number of anilines is 1. The Morgan fingerprint density at radius 2 is 1.98 bits per heavy atom. The molecule has 0 radical (unpaired) electrons. The van der Waals surface area contributed by atoms with Crippen LogP contribution in [-0.2, 0) is 47.5 Å². The molecule has 2 atom stereocenters. The van der Waals surface area contributed by atoms with Crippen LogP contribution in [-0.4, -0.2) is 79.4 Å². The van der Waals surface area contributed by atoms with Crippen LogP contribution in [0.4, 0.5) is 5.13 Å². The van der Waals surface area contributed by atoms with E-state index in [0.717, 1.165) is 29.5 Å². The molecule has 4 aliphatic rings. The molecule has 6 rings (SSSR count). The summed E-state index contributed by atoms with van der Waals surface area (Å²) in [6.07, 6.45) is 9.59. The summed E-state index contributed by atoms with van der Waals surface area (Å²) in [5.41, 5.74) is 12.4. The summed E-state index contributed by atoms with van der Waals surface area (Å²) in [6.45, 7) is 0.848. The summed E-state index contributed by atoms with van der Waals surface area (Å²) in [5, 5.41) is 18.2. The molecule has 1 saturated carbocycles. The van der Waals surface area contributed by atoms with Gasteiger partial charge in [0, 0.05) is 41.9 Å². The molecule has 0 unspecified atom stereocenters. The number of amides is 4. The standard InChI is InChI=1S/C30H32N8O7S2/c31-21(39)14-36-8-3-17(4-9-36)13-37-10-5-18(25(37)41)11-19-15-46-27-23(26(42)38(27)24(19)28(43)44)35-22(40)12-33-45-30(6-1-2-7-30)20-16-47-29(32)34-20/h3-4,8-9,11-12,16,23,27H,1-2,5-7,10,13-15H2,(H5-,31,32,34,35,39,40,43,44)/p+1/t23-,27-/m1/s1. The maximum absolute atomic E-state index is 13.2. The first kappa shape index (κ1) is 32.2. The van der Waals surface area contributed by atoms with E-state index in [-0.39, 0.29) is 23.9 Å². The summed E-state index contributed by atoms with van der Waals surface area (Å²) in [6, 6.07) is 2.66. The van der Waals surface area contributed by atoms with E-state index in [9.17, 15) is 29.1 Å². The molecule has 2 aromatic rings. The predicted octanol–water partition coefficient (Wildman–Crippen LogP) is 0.367. The maximum atomic E-state index is 13.2. The zero-order chi connectivity index (χ0) is 33.3. The van der Waals surface area contributed by atoms with Gasteiger partial charge in [0.25, 0.3) is 17.7 Å². The maximum Gasteiger partial charge on any atom is 0.352 e. The van der Waals surface area contributed by atoms with Gasteiger partial charge in [-0.3, -0.25) is 24.1 Å². The third-order valence-corrected chi connectivity index (χ3v) is 10.5. The lowest BCUT2D eigenvalue weighted by molar-refractivity contribution is -0.684. The number of likely N-dealkylation sites (tertiary alicyclic amines) is 1. The highest BCUT2D eigenvalue weighted by Gasteiger charge is 2.54. The molecule has 4 amide bonds. The SMILES string of the molecule is NC(=O)C[n+]1ccc(CN2CCC(=CC3=C(C(=O)O)N4C(=O)[C@@H](NC(=O)C=NOC5(c6csc(N)n6)CCCC5)[C@H]4SC3)C2=O)cc1. The van der Waals surface area contributed by atoms with Crippen LogP contribution < -0.4 is 21.4 Å². The van der Waals surface area contributed by atoms with Crippen LogP contribution in [0.25, 0.3) is 0 Å². The number of β-lactam (4-membered cyclic amide) rings is 1. The molecule has 0 spiro atoms. The van der Waals surface area contributed by atoms with Crippen molar-refractivity contribution < 1.29 is 38.5 Å². The number of carbonyl (C=O) groups excluding carboxylic acids is 4. The second kappa shape index (κ2) is 13.2. The monoisotopic (exact) mass is 681 g/mol. The Bertz CT molecular complexity index is 1710. The van der Waals surface area contributed by atoms with E-state index in [1.807, 2.05) is 5.38 Å². The van der Waals surface area contributed by atoms with E-state index < -0.39 is 40.7 Å². The Labute approximate surface area is 277 Å². The van der Waals surface area contributed by atoms with Gasteiger partial charge in [0.1, 0.15) is 23.3 Å². The molecule has 47 heavy (non-hydrogen) atoms. The molecule has 246 valence electrons. The smallest absolute Gasteiger partial charge is 0.352 e. The zero-order valence-corrected chi connectivity index (χ0v) is 26.8. The first-order valence-corrected chi connectivity index (χ1v) is 16.9. The van der Waals surface area contributed by atoms with Crippen molar-refractivity contribution in [1.29, 1.82) is 0 Å². The zero-order valence-electron chi connectivity index (χ0n) is 25.2. The average molecular weight is 682 g/mol. The van der Waals surface area contributed by atoms with Crippen molar-refractivity contribution in [3.8, 4) is 0 Å². The Kier molecular flexibility index (Phi) is 9.01. The molecule has 17 heteroatoms. The largest absolute Gasteiger partial charge is 0.477 e. The van der Waals surface area contributed by atoms with Gasteiger partial charge in [-0.2, -0.15) is 4.57 Å². The molecule has 1 aliphatic carbocycles. The quantitative estimate of drug-likeness (QED) is 0.0840. The van der Waals surface area contributed by atoms with E-state index in [0.29, 0.717) is 54.3 Å². The molecule has 5 heterocycles. The number of allylic oxidation sites excluding steroid dienone is 1. The van der Waals surface area contributed by atoms with Gasteiger partial charge in [-0.25, -0.2) is 9.78 Å². The summed E-state index contributed by atoms with van der Waals surface area (Å²) in [4.78, 5) is 75.4. The second-order valence-electron chi connectivity index (χ2n) is 11.7. The van der Waals surface area contributed by atoms with Gasteiger partial charge in [0.2, 0.25) is 12.5 Å². The van der Waals surface area contributed by atoms with Crippen LogP contribution in [0.3, 0.4) is 0 Å². The van der Waals surface area contributed by atoms with Gasteiger partial charge >= 0.3 is 5.97 Å². The number of pyridine rings is 1. The topological polar surface area (TPSA) is 214 Å². The highest BCUT2D eigenvalue weighted by atomic mass is 32.2. The predicted molar refractivity (Wildman–Crippen MR) is 170 cm³/mol. The Morgan fingerprint density at radius 3 is 2.64 bits per heavy atom. The lowest BCUT2D eigenvalue weighted by Gasteiger charge is -2.49. The third-order valence-electron chi connectivity index (χ3n) is 8.53. The number of carboxylic acids is 1. The van der Waals surface area contributed by atoms with Gasteiger partial charge < -0.3 is 31.6 Å². The number of carboxylic acid groups (broad SMARTS) is 1. The summed E-state index contributed by atoms with van der Waals surface area (Å²) < 4.78 is 1.64. The number of nitrogens with two attached hydrogens (primary N) is 2. The van der Waals surface area contributed by atoms with Crippen molar-refractivity contribution in [1.82, 2.24) is 20.1 Å². The van der Waals surface area contributed by atoms with Crippen LogP contribution in [0.5, 0.6) is 0 Å². The van der Waals surface area contributed by atoms with Crippen LogP contribution in [0, 0.1) is 0 Å². The van der Waals surface area contributed by atoms with Gasteiger partial charge in [-0.15, -0.1) is 23.1 Å². The average Bonchev–Trinajstić information content (AvgIpc) is 3.78. The molecule has 3 fully saturated rings. The third kappa shape index (κ3) is 6.58. The fourth-order valence-electron chi connectivity index (χ4n) is 6.22. The van der Waals surface area contributed by atoms with Crippen LogP contribution >= 0.6 is 23.1 Å². The number of hydrogen-bond acceptors (Lipinski definition) is 11. The number of aliphatic carboxylic acids is 1. The number of primary amides is 1. The molecule has 3 aliphatic heterocycles. The fourth-order valence-corrected chi connectivity index (χ4v) is 8.17. The number of nitrogens with one attached hydrogen (secondary N) is 1. The number of carbonyl (C=O) groups is 5. The van der Waals surface area contributed by atoms with Gasteiger partial charge in [0.05, 0.1) is 5.69 Å². The number of fused-ring (bicyclic) bond motifs is 1. The van der Waals surface area contributed by atoms with E-state index in [1.54, 1.807) is 40.1 Å². The molecule has 2 aromatic heterocycles. The van der Waals surface area contributed by atoms with E-state index >= 15 is 0 Å². The lowest BCUT2D eigenvalue weighted by Crippen LogP contribution is -2.70. The lowest BCUT2D eigenvalue weighted by atomic mass is 9.99. The second-order valence-corrected chi connectivity index (χ2v) is 13.7. The first-order valence-electron chi connectivity index (χ1n) is 15.0. The Balaban J connectivity index is 1.08. The number of oxime groups is 1. The highest BCUT2D eigenvalue weighted by Crippen LogP contribution is 2.43.